The fourth-order valence-electron chi connectivity index (χ4n) is 5.25. The highest BCUT2D eigenvalue weighted by atomic mass is 14.5. The molecule has 0 amide bonds. The lowest BCUT2D eigenvalue weighted by atomic mass is 9.71. The van der Waals surface area contributed by atoms with Crippen molar-refractivity contribution in [2.75, 3.05) is 0 Å². The smallest absolute Gasteiger partial charge is 0.179 e. The summed E-state index contributed by atoms with van der Waals surface area (Å²) < 4.78 is 0. The zero-order chi connectivity index (χ0) is 23.8. The van der Waals surface area contributed by atoms with E-state index in [9.17, 15) is 21.0 Å². The molecule has 0 bridgehead atoms. The first-order valence-corrected chi connectivity index (χ1v) is 10.9. The first-order chi connectivity index (χ1) is 16.6. The third kappa shape index (κ3) is 2.81. The Labute approximate surface area is 198 Å². The monoisotopic (exact) mass is 434 g/mol. The Kier molecular flexibility index (Phi) is 4.87. The van der Waals surface area contributed by atoms with E-state index in [0.717, 1.165) is 22.3 Å². The SMILES string of the molecule is N#CC1(C#N)C(c2cccc(C3=CC4=CC=CC=CC4C3(C#N)C#N)c2)=CC2=CC=CC=CC21. The first kappa shape index (κ1) is 21.0. The summed E-state index contributed by atoms with van der Waals surface area (Å²) in [5.74, 6) is -0.735. The number of nitriles is 4. The highest BCUT2D eigenvalue weighted by molar-refractivity contribution is 5.88. The summed E-state index contributed by atoms with van der Waals surface area (Å²) in [5.41, 5.74) is 1.81. The minimum atomic E-state index is -1.36. The quantitative estimate of drug-likeness (QED) is 0.580. The van der Waals surface area contributed by atoms with Crippen molar-refractivity contribution in [1.29, 1.82) is 21.0 Å². The molecule has 4 nitrogen and oxygen atoms in total. The molecule has 0 heterocycles. The average molecular weight is 435 g/mol. The number of hydrogen-bond donors (Lipinski definition) is 0. The summed E-state index contributed by atoms with van der Waals surface area (Å²) in [6.07, 6.45) is 22.8. The number of rotatable bonds is 2. The number of benzene rings is 1. The number of nitrogens with zero attached hydrogens (tertiary/aromatic N) is 4. The zero-order valence-corrected chi connectivity index (χ0v) is 18.2. The highest BCUT2D eigenvalue weighted by Crippen LogP contribution is 2.54. The molecule has 0 saturated carbocycles. The van der Waals surface area contributed by atoms with Gasteiger partial charge in [0.2, 0.25) is 0 Å². The molecule has 0 N–H and O–H groups in total. The van der Waals surface area contributed by atoms with Crippen molar-refractivity contribution >= 4 is 11.1 Å². The Hall–Kier alpha value is -4.90. The largest absolute Gasteiger partial charge is 0.196 e. The maximum atomic E-state index is 10.2. The molecule has 4 aliphatic carbocycles. The number of allylic oxidation sites excluding steroid dienone is 16. The molecule has 0 spiro atoms. The Balaban J connectivity index is 1.67. The molecular weight excluding hydrogens is 416 g/mol. The Morgan fingerprint density at radius 2 is 1.03 bits per heavy atom. The maximum absolute atomic E-state index is 10.2. The molecule has 34 heavy (non-hydrogen) atoms. The molecule has 0 fully saturated rings. The molecular formula is C30H18N4. The van der Waals surface area contributed by atoms with Crippen molar-refractivity contribution in [3.8, 4) is 24.3 Å². The van der Waals surface area contributed by atoms with Gasteiger partial charge in [-0.1, -0.05) is 91.1 Å². The van der Waals surface area contributed by atoms with Gasteiger partial charge in [-0.25, -0.2) is 0 Å². The zero-order valence-electron chi connectivity index (χ0n) is 18.2. The molecule has 4 heteroatoms. The van der Waals surface area contributed by atoms with Crippen LogP contribution in [0.1, 0.15) is 11.1 Å². The van der Waals surface area contributed by atoms with E-state index in [2.05, 4.69) is 24.3 Å². The van der Waals surface area contributed by atoms with E-state index in [4.69, 9.17) is 0 Å². The van der Waals surface area contributed by atoms with Gasteiger partial charge >= 0.3 is 0 Å². The molecule has 158 valence electrons. The summed E-state index contributed by atoms with van der Waals surface area (Å²) in [6.45, 7) is 0. The third-order valence-electron chi connectivity index (χ3n) is 6.94. The van der Waals surface area contributed by atoms with Gasteiger partial charge in [0.1, 0.15) is 0 Å². The predicted octanol–water partition coefficient (Wildman–Crippen LogP) is 5.88. The second kappa shape index (κ2) is 7.90. The first-order valence-electron chi connectivity index (χ1n) is 10.9. The second-order valence-corrected chi connectivity index (χ2v) is 8.59. The van der Waals surface area contributed by atoms with E-state index in [1.54, 1.807) is 0 Å². The van der Waals surface area contributed by atoms with E-state index >= 15 is 0 Å². The van der Waals surface area contributed by atoms with Crippen LogP contribution in [-0.2, 0) is 0 Å². The van der Waals surface area contributed by atoms with Crippen LogP contribution in [0, 0.1) is 68.0 Å². The minimum Gasteiger partial charge on any atom is -0.196 e. The lowest BCUT2D eigenvalue weighted by molar-refractivity contribution is 0.577. The van der Waals surface area contributed by atoms with Gasteiger partial charge in [-0.15, -0.1) is 0 Å². The van der Waals surface area contributed by atoms with Crippen molar-refractivity contribution in [2.24, 2.45) is 22.7 Å². The summed E-state index contributed by atoms with van der Waals surface area (Å²) in [7, 11) is 0. The lowest BCUT2D eigenvalue weighted by Crippen LogP contribution is -2.25. The van der Waals surface area contributed by atoms with Crippen LogP contribution in [0.15, 0.2) is 108 Å². The minimum absolute atomic E-state index is 0.368. The standard InChI is InChI=1S/C30H18N4/c31-17-29(18-32)25-12-5-1-3-8-23(25)15-27(29)21-10-7-11-22(14-21)28-16-24-9-4-2-6-13-26(24)30(28,19-33)20-34/h1-16,25-26H. The van der Waals surface area contributed by atoms with Crippen LogP contribution < -0.4 is 0 Å². The molecule has 4 aliphatic rings. The van der Waals surface area contributed by atoms with Gasteiger partial charge in [0.15, 0.2) is 10.8 Å². The van der Waals surface area contributed by atoms with Gasteiger partial charge in [-0.3, -0.25) is 0 Å². The van der Waals surface area contributed by atoms with Crippen LogP contribution in [0.4, 0.5) is 0 Å². The van der Waals surface area contributed by atoms with Gasteiger partial charge < -0.3 is 0 Å². The molecule has 0 saturated heterocycles. The number of fused-ring (bicyclic) bond motifs is 2. The Morgan fingerprint density at radius 1 is 0.588 bits per heavy atom. The van der Waals surface area contributed by atoms with Gasteiger partial charge in [0.05, 0.1) is 24.3 Å². The average Bonchev–Trinajstić information content (AvgIpc) is 3.09. The van der Waals surface area contributed by atoms with Gasteiger partial charge in [-0.2, -0.15) is 21.0 Å². The molecule has 2 unspecified atom stereocenters. The molecule has 1 aromatic rings. The summed E-state index contributed by atoms with van der Waals surface area (Å²) in [4.78, 5) is 0. The van der Waals surface area contributed by atoms with E-state index in [-0.39, 0.29) is 11.8 Å². The van der Waals surface area contributed by atoms with E-state index in [0.29, 0.717) is 11.1 Å². The van der Waals surface area contributed by atoms with Crippen LogP contribution in [0.25, 0.3) is 11.1 Å². The van der Waals surface area contributed by atoms with Crippen molar-refractivity contribution in [3.05, 3.63) is 119 Å². The van der Waals surface area contributed by atoms with Crippen molar-refractivity contribution in [1.82, 2.24) is 0 Å². The summed E-state index contributed by atoms with van der Waals surface area (Å²) >= 11 is 0. The van der Waals surface area contributed by atoms with Crippen molar-refractivity contribution in [2.45, 2.75) is 0 Å². The van der Waals surface area contributed by atoms with Crippen LogP contribution in [0.2, 0.25) is 0 Å². The third-order valence-corrected chi connectivity index (χ3v) is 6.94. The number of hydrogen-bond acceptors (Lipinski definition) is 4. The van der Waals surface area contributed by atoms with Gasteiger partial charge in [0.25, 0.3) is 0 Å². The molecule has 1 aromatic carbocycles. The Bertz CT molecular complexity index is 1370. The molecule has 0 aromatic heterocycles. The Morgan fingerprint density at radius 3 is 1.44 bits per heavy atom. The lowest BCUT2D eigenvalue weighted by Gasteiger charge is -2.25. The summed E-state index contributed by atoms with van der Waals surface area (Å²) in [6, 6.07) is 16.6. The van der Waals surface area contributed by atoms with Crippen molar-refractivity contribution < 1.29 is 0 Å². The topological polar surface area (TPSA) is 95.2 Å². The van der Waals surface area contributed by atoms with E-state index in [1.807, 2.05) is 97.2 Å². The van der Waals surface area contributed by atoms with Crippen LogP contribution in [0.5, 0.6) is 0 Å². The van der Waals surface area contributed by atoms with Gasteiger partial charge in [0, 0.05) is 11.8 Å². The van der Waals surface area contributed by atoms with Gasteiger partial charge in [-0.05, 0) is 39.5 Å². The van der Waals surface area contributed by atoms with Crippen LogP contribution in [-0.4, -0.2) is 0 Å². The molecule has 2 atom stereocenters. The highest BCUT2D eigenvalue weighted by Gasteiger charge is 2.50. The maximum Gasteiger partial charge on any atom is 0.179 e. The molecule has 0 aliphatic heterocycles. The van der Waals surface area contributed by atoms with Crippen LogP contribution in [0.3, 0.4) is 0 Å². The van der Waals surface area contributed by atoms with E-state index < -0.39 is 10.8 Å². The fraction of sp³-hybridized carbons (Fsp3) is 0.133. The molecule has 0 radical (unpaired) electrons. The van der Waals surface area contributed by atoms with Crippen molar-refractivity contribution in [3.63, 3.8) is 0 Å². The second-order valence-electron chi connectivity index (χ2n) is 8.59. The predicted molar refractivity (Wildman–Crippen MR) is 129 cm³/mol. The molecule has 5 rings (SSSR count). The van der Waals surface area contributed by atoms with E-state index in [1.165, 1.54) is 0 Å². The van der Waals surface area contributed by atoms with Crippen LogP contribution >= 0.6 is 0 Å². The fourth-order valence-corrected chi connectivity index (χ4v) is 5.25. The summed E-state index contributed by atoms with van der Waals surface area (Å²) in [5, 5.41) is 40.7. The normalized spacial score (nSPS) is 24.5.